The van der Waals surface area contributed by atoms with Crippen molar-refractivity contribution in [2.75, 3.05) is 13.1 Å². The molecule has 1 aliphatic heterocycles. The summed E-state index contributed by atoms with van der Waals surface area (Å²) in [6, 6.07) is 0. The zero-order valence-electron chi connectivity index (χ0n) is 5.84. The maximum Gasteiger partial charge on any atom is 0.209 e. The Kier molecular flexibility index (Phi) is 2.09. The second kappa shape index (κ2) is 2.85. The van der Waals surface area contributed by atoms with Crippen LogP contribution in [-0.2, 0) is 4.79 Å². The molecular formula is C7H13NO. The number of amides is 1. The molecule has 1 saturated heterocycles. The summed E-state index contributed by atoms with van der Waals surface area (Å²) in [5, 5.41) is 0. The van der Waals surface area contributed by atoms with E-state index in [4.69, 9.17) is 0 Å². The molecule has 1 rings (SSSR count). The summed E-state index contributed by atoms with van der Waals surface area (Å²) in [7, 11) is 0. The quantitative estimate of drug-likeness (QED) is 0.479. The van der Waals surface area contributed by atoms with E-state index in [9.17, 15) is 4.79 Å². The minimum atomic E-state index is 0.712. The van der Waals surface area contributed by atoms with Crippen LogP contribution in [0, 0.1) is 5.92 Å². The van der Waals surface area contributed by atoms with Gasteiger partial charge in [-0.2, -0.15) is 0 Å². The molecule has 0 spiro atoms. The van der Waals surface area contributed by atoms with Crippen LogP contribution >= 0.6 is 0 Å². The van der Waals surface area contributed by atoms with Crippen molar-refractivity contribution in [2.24, 2.45) is 5.92 Å². The fraction of sp³-hybridized carbons (Fsp3) is 0.857. The average molecular weight is 127 g/mol. The van der Waals surface area contributed by atoms with Crippen molar-refractivity contribution in [2.45, 2.75) is 19.8 Å². The van der Waals surface area contributed by atoms with Gasteiger partial charge in [0.2, 0.25) is 6.41 Å². The highest BCUT2D eigenvalue weighted by Crippen LogP contribution is 2.13. The monoisotopic (exact) mass is 127 g/mol. The highest BCUT2D eigenvalue weighted by molar-refractivity contribution is 5.47. The number of likely N-dealkylation sites (tertiary alicyclic amines) is 1. The fourth-order valence-corrected chi connectivity index (χ4v) is 1.32. The van der Waals surface area contributed by atoms with Gasteiger partial charge in [0.1, 0.15) is 0 Å². The van der Waals surface area contributed by atoms with Crippen LogP contribution in [0.5, 0.6) is 0 Å². The Morgan fingerprint density at radius 1 is 1.67 bits per heavy atom. The lowest BCUT2D eigenvalue weighted by atomic mass is 10.0. The minimum Gasteiger partial charge on any atom is -0.345 e. The van der Waals surface area contributed by atoms with Crippen LogP contribution < -0.4 is 0 Å². The number of hydrogen-bond acceptors (Lipinski definition) is 1. The lowest BCUT2D eigenvalue weighted by Crippen LogP contribution is -2.32. The molecule has 1 aliphatic rings. The van der Waals surface area contributed by atoms with Crippen molar-refractivity contribution in [3.05, 3.63) is 0 Å². The molecule has 2 heteroatoms. The molecule has 0 aromatic heterocycles. The van der Waals surface area contributed by atoms with Gasteiger partial charge in [0.05, 0.1) is 0 Å². The van der Waals surface area contributed by atoms with Gasteiger partial charge in [-0.3, -0.25) is 4.79 Å². The number of carbonyl (C=O) groups is 1. The van der Waals surface area contributed by atoms with E-state index in [2.05, 4.69) is 6.92 Å². The van der Waals surface area contributed by atoms with E-state index in [0.29, 0.717) is 5.92 Å². The van der Waals surface area contributed by atoms with Crippen LogP contribution in [0.1, 0.15) is 19.8 Å². The van der Waals surface area contributed by atoms with Crippen LogP contribution in [-0.4, -0.2) is 24.4 Å². The standard InChI is InChI=1S/C7H13NO/c1-7-3-2-4-8(5-7)6-9/h6-7H,2-5H2,1H3. The Labute approximate surface area is 55.8 Å². The molecular weight excluding hydrogens is 114 g/mol. The SMILES string of the molecule is CC1CCCN(C=O)C1. The topological polar surface area (TPSA) is 20.3 Å². The zero-order chi connectivity index (χ0) is 6.69. The van der Waals surface area contributed by atoms with Crippen molar-refractivity contribution in [1.29, 1.82) is 0 Å². The lowest BCUT2D eigenvalue weighted by molar-refractivity contribution is -0.119. The first kappa shape index (κ1) is 6.59. The van der Waals surface area contributed by atoms with Crippen LogP contribution in [0.4, 0.5) is 0 Å². The summed E-state index contributed by atoms with van der Waals surface area (Å²) in [6.07, 6.45) is 3.42. The first-order chi connectivity index (χ1) is 4.33. The van der Waals surface area contributed by atoms with E-state index in [0.717, 1.165) is 19.5 Å². The molecule has 0 aliphatic carbocycles. The van der Waals surface area contributed by atoms with Gasteiger partial charge in [0.25, 0.3) is 0 Å². The molecule has 9 heavy (non-hydrogen) atoms. The van der Waals surface area contributed by atoms with Gasteiger partial charge < -0.3 is 4.90 Å². The second-order valence-electron chi connectivity index (χ2n) is 2.85. The first-order valence-electron chi connectivity index (χ1n) is 3.52. The van der Waals surface area contributed by atoms with E-state index in [1.807, 2.05) is 4.90 Å². The third-order valence-corrected chi connectivity index (χ3v) is 1.84. The predicted molar refractivity (Wildman–Crippen MR) is 36.0 cm³/mol. The maximum absolute atomic E-state index is 10.2. The van der Waals surface area contributed by atoms with Crippen molar-refractivity contribution in [3.8, 4) is 0 Å². The van der Waals surface area contributed by atoms with Crippen molar-refractivity contribution < 1.29 is 4.79 Å². The van der Waals surface area contributed by atoms with Crippen molar-refractivity contribution in [1.82, 2.24) is 4.90 Å². The van der Waals surface area contributed by atoms with Crippen LogP contribution in [0.3, 0.4) is 0 Å². The molecule has 0 radical (unpaired) electrons. The zero-order valence-corrected chi connectivity index (χ0v) is 5.84. The molecule has 0 aromatic carbocycles. The number of nitrogens with zero attached hydrogens (tertiary/aromatic N) is 1. The first-order valence-corrected chi connectivity index (χ1v) is 3.52. The van der Waals surface area contributed by atoms with Gasteiger partial charge in [-0.05, 0) is 18.8 Å². The van der Waals surface area contributed by atoms with Crippen LogP contribution in [0.2, 0.25) is 0 Å². The molecule has 1 atom stereocenters. The Morgan fingerprint density at radius 2 is 2.44 bits per heavy atom. The molecule has 1 heterocycles. The van der Waals surface area contributed by atoms with E-state index < -0.39 is 0 Å². The highest BCUT2D eigenvalue weighted by Gasteiger charge is 2.13. The summed E-state index contributed by atoms with van der Waals surface area (Å²) in [4.78, 5) is 12.1. The molecule has 0 aromatic rings. The van der Waals surface area contributed by atoms with Gasteiger partial charge in [-0.25, -0.2) is 0 Å². The van der Waals surface area contributed by atoms with Gasteiger partial charge in [-0.15, -0.1) is 0 Å². The molecule has 52 valence electrons. The lowest BCUT2D eigenvalue weighted by Gasteiger charge is -2.27. The maximum atomic E-state index is 10.2. The summed E-state index contributed by atoms with van der Waals surface area (Å²) in [6.45, 7) is 4.12. The van der Waals surface area contributed by atoms with Gasteiger partial charge in [0, 0.05) is 13.1 Å². The Morgan fingerprint density at radius 3 is 2.89 bits per heavy atom. The minimum absolute atomic E-state index is 0.712. The smallest absolute Gasteiger partial charge is 0.209 e. The molecule has 1 amide bonds. The molecule has 0 saturated carbocycles. The van der Waals surface area contributed by atoms with E-state index in [1.165, 1.54) is 12.8 Å². The largest absolute Gasteiger partial charge is 0.345 e. The van der Waals surface area contributed by atoms with Crippen molar-refractivity contribution in [3.63, 3.8) is 0 Å². The van der Waals surface area contributed by atoms with Crippen LogP contribution in [0.15, 0.2) is 0 Å². The fourth-order valence-electron chi connectivity index (χ4n) is 1.32. The van der Waals surface area contributed by atoms with Crippen LogP contribution in [0.25, 0.3) is 0 Å². The summed E-state index contributed by atoms with van der Waals surface area (Å²) in [5.74, 6) is 0.712. The molecule has 2 nitrogen and oxygen atoms in total. The van der Waals surface area contributed by atoms with E-state index in [1.54, 1.807) is 0 Å². The summed E-state index contributed by atoms with van der Waals surface area (Å²) >= 11 is 0. The number of rotatable bonds is 1. The average Bonchev–Trinajstić information content (AvgIpc) is 1.88. The normalized spacial score (nSPS) is 28.1. The molecule has 0 N–H and O–H groups in total. The Hall–Kier alpha value is -0.530. The summed E-state index contributed by atoms with van der Waals surface area (Å²) < 4.78 is 0. The second-order valence-corrected chi connectivity index (χ2v) is 2.85. The third kappa shape index (κ3) is 1.70. The van der Waals surface area contributed by atoms with Gasteiger partial charge in [0.15, 0.2) is 0 Å². The van der Waals surface area contributed by atoms with E-state index >= 15 is 0 Å². The number of piperidine rings is 1. The van der Waals surface area contributed by atoms with Gasteiger partial charge >= 0.3 is 0 Å². The summed E-state index contributed by atoms with van der Waals surface area (Å²) in [5.41, 5.74) is 0. The molecule has 1 fully saturated rings. The Bertz CT molecular complexity index is 103. The molecule has 1 unspecified atom stereocenters. The Balaban J connectivity index is 2.31. The number of hydrogen-bond donors (Lipinski definition) is 0. The molecule has 0 bridgehead atoms. The third-order valence-electron chi connectivity index (χ3n) is 1.84. The number of carbonyl (C=O) groups excluding carboxylic acids is 1. The van der Waals surface area contributed by atoms with Gasteiger partial charge in [-0.1, -0.05) is 6.92 Å². The van der Waals surface area contributed by atoms with E-state index in [-0.39, 0.29) is 0 Å². The predicted octanol–water partition coefficient (Wildman–Crippen LogP) is 0.875. The highest BCUT2D eigenvalue weighted by atomic mass is 16.1. The van der Waals surface area contributed by atoms with Crippen molar-refractivity contribution >= 4 is 6.41 Å².